The van der Waals surface area contributed by atoms with Gasteiger partial charge in [0.15, 0.2) is 11.7 Å². The van der Waals surface area contributed by atoms with Gasteiger partial charge >= 0.3 is 0 Å². The Morgan fingerprint density at radius 3 is 2.81 bits per heavy atom. The lowest BCUT2D eigenvalue weighted by molar-refractivity contribution is -0.118. The molecule has 1 aromatic carbocycles. The summed E-state index contributed by atoms with van der Waals surface area (Å²) < 4.78 is 10.5. The molecule has 1 N–H and O–H groups in total. The maximum atomic E-state index is 11.8. The van der Waals surface area contributed by atoms with E-state index >= 15 is 0 Å². The highest BCUT2D eigenvalue weighted by atomic mass is 32.1. The number of carbonyl (C=O) groups is 1. The molecule has 5 nitrogen and oxygen atoms in total. The van der Waals surface area contributed by atoms with Gasteiger partial charge in [0.25, 0.3) is 5.91 Å². The summed E-state index contributed by atoms with van der Waals surface area (Å²) in [6.45, 7) is 4.06. The number of rotatable bonds is 6. The van der Waals surface area contributed by atoms with Crippen LogP contribution in [-0.4, -0.2) is 24.6 Å². The topological polar surface area (TPSA) is 60.5 Å². The van der Waals surface area contributed by atoms with Gasteiger partial charge in [0.1, 0.15) is 11.5 Å². The summed E-state index contributed by atoms with van der Waals surface area (Å²) >= 11 is 1.42. The third kappa shape index (κ3) is 4.46. The molecule has 0 radical (unpaired) electrons. The van der Waals surface area contributed by atoms with Gasteiger partial charge in [-0.2, -0.15) is 0 Å². The Bertz CT molecular complexity index is 610. The second-order valence-electron chi connectivity index (χ2n) is 4.75. The molecule has 0 fully saturated rings. The average molecular weight is 306 g/mol. The maximum absolute atomic E-state index is 11.8. The molecule has 0 unspecified atom stereocenters. The number of nitrogens with zero attached hydrogens (tertiary/aromatic N) is 1. The van der Waals surface area contributed by atoms with Crippen LogP contribution >= 0.6 is 11.3 Å². The molecule has 112 valence electrons. The van der Waals surface area contributed by atoms with Gasteiger partial charge in [0, 0.05) is 11.4 Å². The second kappa shape index (κ2) is 7.08. The van der Waals surface area contributed by atoms with Gasteiger partial charge in [-0.1, -0.05) is 19.9 Å². The minimum atomic E-state index is -0.234. The van der Waals surface area contributed by atoms with E-state index in [2.05, 4.69) is 24.1 Å². The highest BCUT2D eigenvalue weighted by Crippen LogP contribution is 2.22. The molecular formula is C15H18N2O3S. The van der Waals surface area contributed by atoms with Crippen LogP contribution in [-0.2, 0) is 4.79 Å². The summed E-state index contributed by atoms with van der Waals surface area (Å²) in [7, 11) is 1.58. The summed E-state index contributed by atoms with van der Waals surface area (Å²) in [6, 6.07) is 7.13. The smallest absolute Gasteiger partial charge is 0.264 e. The van der Waals surface area contributed by atoms with Crippen molar-refractivity contribution in [3.8, 4) is 11.5 Å². The number of aromatic nitrogens is 1. The molecular weight excluding hydrogens is 288 g/mol. The van der Waals surface area contributed by atoms with Gasteiger partial charge in [-0.15, -0.1) is 11.3 Å². The van der Waals surface area contributed by atoms with Crippen LogP contribution in [0, 0.1) is 0 Å². The number of anilines is 1. The van der Waals surface area contributed by atoms with Crippen LogP contribution in [0.5, 0.6) is 11.5 Å². The minimum Gasteiger partial charge on any atom is -0.497 e. The highest BCUT2D eigenvalue weighted by Gasteiger charge is 2.09. The van der Waals surface area contributed by atoms with Gasteiger partial charge in [0.05, 0.1) is 12.8 Å². The molecule has 0 bridgehead atoms. The van der Waals surface area contributed by atoms with Crippen LogP contribution in [0.1, 0.15) is 25.5 Å². The van der Waals surface area contributed by atoms with Gasteiger partial charge in [-0.05, 0) is 18.1 Å². The first-order valence-corrected chi connectivity index (χ1v) is 7.48. The number of amides is 1. The van der Waals surface area contributed by atoms with Crippen LogP contribution in [0.4, 0.5) is 5.13 Å². The summed E-state index contributed by atoms with van der Waals surface area (Å²) in [5.74, 6) is 1.39. The Kier molecular flexibility index (Phi) is 5.16. The lowest BCUT2D eigenvalue weighted by Crippen LogP contribution is -2.20. The monoisotopic (exact) mass is 306 g/mol. The average Bonchev–Trinajstić information content (AvgIpc) is 2.94. The van der Waals surface area contributed by atoms with E-state index in [1.165, 1.54) is 11.3 Å². The predicted molar refractivity (Wildman–Crippen MR) is 83.3 cm³/mol. The zero-order valence-electron chi connectivity index (χ0n) is 12.3. The molecule has 0 aliphatic rings. The molecule has 6 heteroatoms. The molecule has 0 aliphatic heterocycles. The van der Waals surface area contributed by atoms with E-state index < -0.39 is 0 Å². The largest absolute Gasteiger partial charge is 0.497 e. The standard InChI is InChI=1S/C15H18N2O3S/c1-10(2)13-9-21-15(16-13)17-14(18)8-20-12-6-4-5-11(7-12)19-3/h4-7,9-10H,8H2,1-3H3,(H,16,17,18). The quantitative estimate of drug-likeness (QED) is 0.889. The SMILES string of the molecule is COc1cccc(OCC(=O)Nc2nc(C(C)C)cs2)c1. The Labute approximate surface area is 127 Å². The molecule has 1 aromatic heterocycles. The van der Waals surface area contributed by atoms with Crippen molar-refractivity contribution in [3.63, 3.8) is 0 Å². The Balaban J connectivity index is 1.86. The predicted octanol–water partition coefficient (Wildman–Crippen LogP) is 3.29. The van der Waals surface area contributed by atoms with E-state index in [4.69, 9.17) is 9.47 Å². The summed E-state index contributed by atoms with van der Waals surface area (Å²) in [4.78, 5) is 16.2. The molecule has 1 amide bonds. The molecule has 2 aromatic rings. The number of nitrogens with one attached hydrogen (secondary N) is 1. The van der Waals surface area contributed by atoms with Crippen molar-refractivity contribution >= 4 is 22.4 Å². The van der Waals surface area contributed by atoms with E-state index in [-0.39, 0.29) is 12.5 Å². The normalized spacial score (nSPS) is 10.5. The number of hydrogen-bond acceptors (Lipinski definition) is 5. The Morgan fingerprint density at radius 2 is 2.14 bits per heavy atom. The third-order valence-corrected chi connectivity index (χ3v) is 3.55. The number of hydrogen-bond donors (Lipinski definition) is 1. The lowest BCUT2D eigenvalue weighted by Gasteiger charge is -2.07. The summed E-state index contributed by atoms with van der Waals surface area (Å²) in [5, 5.41) is 5.27. The fourth-order valence-electron chi connectivity index (χ4n) is 1.60. The van der Waals surface area contributed by atoms with Gasteiger partial charge in [0.2, 0.25) is 0 Å². The van der Waals surface area contributed by atoms with E-state index in [0.717, 1.165) is 5.69 Å². The minimum absolute atomic E-state index is 0.0657. The van der Waals surface area contributed by atoms with E-state index in [1.54, 1.807) is 19.2 Å². The fourth-order valence-corrected chi connectivity index (χ4v) is 2.49. The molecule has 0 saturated carbocycles. The molecule has 0 saturated heterocycles. The van der Waals surface area contributed by atoms with Crippen molar-refractivity contribution < 1.29 is 14.3 Å². The van der Waals surface area contributed by atoms with E-state index in [0.29, 0.717) is 22.5 Å². The Morgan fingerprint density at radius 1 is 1.38 bits per heavy atom. The molecule has 21 heavy (non-hydrogen) atoms. The van der Waals surface area contributed by atoms with Gasteiger partial charge in [-0.3, -0.25) is 10.1 Å². The van der Waals surface area contributed by atoms with Crippen molar-refractivity contribution in [2.24, 2.45) is 0 Å². The van der Waals surface area contributed by atoms with Crippen molar-refractivity contribution in [1.82, 2.24) is 4.98 Å². The first-order valence-electron chi connectivity index (χ1n) is 6.60. The number of thiazole rings is 1. The summed E-state index contributed by atoms with van der Waals surface area (Å²) in [5.41, 5.74) is 0.976. The van der Waals surface area contributed by atoms with Crippen molar-refractivity contribution in [2.75, 3.05) is 19.0 Å². The van der Waals surface area contributed by atoms with Crippen LogP contribution in [0.25, 0.3) is 0 Å². The van der Waals surface area contributed by atoms with Crippen molar-refractivity contribution in [3.05, 3.63) is 35.3 Å². The maximum Gasteiger partial charge on any atom is 0.264 e. The third-order valence-electron chi connectivity index (χ3n) is 2.77. The summed E-state index contributed by atoms with van der Waals surface area (Å²) in [6.07, 6.45) is 0. The molecule has 0 aliphatic carbocycles. The van der Waals surface area contributed by atoms with Crippen LogP contribution in [0.2, 0.25) is 0 Å². The number of carbonyl (C=O) groups excluding carboxylic acids is 1. The van der Waals surface area contributed by atoms with E-state index in [9.17, 15) is 4.79 Å². The lowest BCUT2D eigenvalue weighted by atomic mass is 10.2. The number of ether oxygens (including phenoxy) is 2. The number of methoxy groups -OCH3 is 1. The van der Waals surface area contributed by atoms with Gasteiger partial charge in [-0.25, -0.2) is 4.98 Å². The highest BCUT2D eigenvalue weighted by molar-refractivity contribution is 7.13. The first kappa shape index (κ1) is 15.3. The van der Waals surface area contributed by atoms with Gasteiger partial charge < -0.3 is 9.47 Å². The first-order chi connectivity index (χ1) is 10.1. The molecule has 1 heterocycles. The zero-order chi connectivity index (χ0) is 15.2. The van der Waals surface area contributed by atoms with Crippen LogP contribution < -0.4 is 14.8 Å². The zero-order valence-corrected chi connectivity index (χ0v) is 13.1. The second-order valence-corrected chi connectivity index (χ2v) is 5.61. The van der Waals surface area contributed by atoms with E-state index in [1.807, 2.05) is 17.5 Å². The molecule has 0 spiro atoms. The Hall–Kier alpha value is -2.08. The van der Waals surface area contributed by atoms with Crippen molar-refractivity contribution in [1.29, 1.82) is 0 Å². The fraction of sp³-hybridized carbons (Fsp3) is 0.333. The van der Waals surface area contributed by atoms with Crippen molar-refractivity contribution in [2.45, 2.75) is 19.8 Å². The van der Waals surface area contributed by atoms with Crippen LogP contribution in [0.15, 0.2) is 29.6 Å². The molecule has 2 rings (SSSR count). The number of benzene rings is 1. The van der Waals surface area contributed by atoms with Crippen LogP contribution in [0.3, 0.4) is 0 Å². The molecule has 0 atom stereocenters.